The van der Waals surface area contributed by atoms with Crippen LogP contribution in [-0.2, 0) is 13.6 Å². The zero-order valence-electron chi connectivity index (χ0n) is 18.7. The van der Waals surface area contributed by atoms with Gasteiger partial charge < -0.3 is 20.1 Å². The van der Waals surface area contributed by atoms with E-state index in [0.29, 0.717) is 18.6 Å². The second-order valence-corrected chi connectivity index (χ2v) is 8.08. The molecule has 1 aliphatic rings. The maximum absolute atomic E-state index is 4.84. The Morgan fingerprint density at radius 3 is 2.54 bits per heavy atom. The molecule has 0 bridgehead atoms. The van der Waals surface area contributed by atoms with E-state index in [2.05, 4.69) is 46.5 Å². The van der Waals surface area contributed by atoms with Crippen LogP contribution in [0.4, 0.5) is 0 Å². The lowest BCUT2D eigenvalue weighted by atomic mass is 9.96. The van der Waals surface area contributed by atoms with Gasteiger partial charge in [-0.1, -0.05) is 33.1 Å². The highest BCUT2D eigenvalue weighted by Crippen LogP contribution is 2.17. The quantitative estimate of drug-likeness (QED) is 0.474. The monoisotopic (exact) mass is 391 g/mol. The van der Waals surface area contributed by atoms with E-state index in [-0.39, 0.29) is 0 Å². The molecule has 7 nitrogen and oxygen atoms in total. The highest BCUT2D eigenvalue weighted by atomic mass is 15.3. The van der Waals surface area contributed by atoms with Gasteiger partial charge in [0.05, 0.1) is 0 Å². The van der Waals surface area contributed by atoms with Crippen LogP contribution >= 0.6 is 0 Å². The highest BCUT2D eigenvalue weighted by molar-refractivity contribution is 5.80. The van der Waals surface area contributed by atoms with Gasteiger partial charge in [-0.15, -0.1) is 10.2 Å². The van der Waals surface area contributed by atoms with E-state index in [9.17, 15) is 0 Å². The molecule has 1 aromatic rings. The Hall–Kier alpha value is -1.63. The van der Waals surface area contributed by atoms with Crippen LogP contribution in [0.25, 0.3) is 0 Å². The Morgan fingerprint density at radius 2 is 1.93 bits per heavy atom. The van der Waals surface area contributed by atoms with Gasteiger partial charge in [0.2, 0.25) is 0 Å². The number of hydrogen-bond acceptors (Lipinski definition) is 4. The third kappa shape index (κ3) is 7.41. The number of rotatable bonds is 10. The molecular weight excluding hydrogens is 350 g/mol. The maximum atomic E-state index is 4.84. The van der Waals surface area contributed by atoms with Gasteiger partial charge >= 0.3 is 0 Å². The minimum atomic E-state index is 0.395. The number of hydrogen-bond donors (Lipinski definition) is 2. The molecule has 0 amide bonds. The van der Waals surface area contributed by atoms with Gasteiger partial charge in [-0.25, -0.2) is 4.99 Å². The van der Waals surface area contributed by atoms with Gasteiger partial charge in [-0.05, 0) is 59.2 Å². The molecule has 1 unspecified atom stereocenters. The molecule has 0 aromatic carbocycles. The third-order valence-electron chi connectivity index (χ3n) is 5.90. The summed E-state index contributed by atoms with van der Waals surface area (Å²) in [6.07, 6.45) is 8.80. The molecule has 0 saturated heterocycles. The van der Waals surface area contributed by atoms with Gasteiger partial charge in [0.25, 0.3) is 0 Å². The summed E-state index contributed by atoms with van der Waals surface area (Å²) in [5.74, 6) is 2.74. The zero-order valence-corrected chi connectivity index (χ0v) is 18.7. The summed E-state index contributed by atoms with van der Waals surface area (Å²) in [5, 5.41) is 15.7. The van der Waals surface area contributed by atoms with E-state index in [1.807, 2.05) is 18.5 Å². The predicted molar refractivity (Wildman–Crippen MR) is 117 cm³/mol. The van der Waals surface area contributed by atoms with Crippen molar-refractivity contribution in [3.63, 3.8) is 0 Å². The molecule has 1 fully saturated rings. The van der Waals surface area contributed by atoms with Crippen molar-refractivity contribution in [3.05, 3.63) is 11.6 Å². The number of aromatic nitrogens is 3. The lowest BCUT2D eigenvalue weighted by Crippen LogP contribution is -2.47. The lowest BCUT2D eigenvalue weighted by molar-refractivity contribution is 0.292. The van der Waals surface area contributed by atoms with Crippen LogP contribution in [0.1, 0.15) is 77.4 Å². The summed E-state index contributed by atoms with van der Waals surface area (Å²) in [7, 11) is 2.00. The van der Waals surface area contributed by atoms with Gasteiger partial charge in [-0.3, -0.25) is 0 Å². The van der Waals surface area contributed by atoms with Gasteiger partial charge in [0.1, 0.15) is 12.4 Å². The molecule has 1 saturated carbocycles. The Labute approximate surface area is 171 Å². The second kappa shape index (κ2) is 12.0. The normalized spacial score (nSPS) is 17.1. The smallest absolute Gasteiger partial charge is 0.192 e. The molecule has 1 aromatic heterocycles. The van der Waals surface area contributed by atoms with Crippen molar-refractivity contribution in [2.24, 2.45) is 12.0 Å². The average Bonchev–Trinajstić information content (AvgIpc) is 3.02. The minimum absolute atomic E-state index is 0.395. The highest BCUT2D eigenvalue weighted by Gasteiger charge is 2.16. The van der Waals surface area contributed by atoms with E-state index in [4.69, 9.17) is 4.99 Å². The molecule has 1 aliphatic carbocycles. The Bertz CT molecular complexity index is 586. The summed E-state index contributed by atoms with van der Waals surface area (Å²) in [5.41, 5.74) is 0. The molecule has 0 aliphatic heterocycles. The lowest BCUT2D eigenvalue weighted by Gasteiger charge is -2.27. The molecule has 2 rings (SSSR count). The fourth-order valence-corrected chi connectivity index (χ4v) is 3.78. The molecule has 160 valence electrons. The number of aryl methyl sites for hydroxylation is 1. The molecular formula is C21H41N7. The van der Waals surface area contributed by atoms with Gasteiger partial charge in [-0.2, -0.15) is 0 Å². The first-order valence-electron chi connectivity index (χ1n) is 11.2. The topological polar surface area (TPSA) is 70.4 Å². The van der Waals surface area contributed by atoms with Crippen LogP contribution in [0.3, 0.4) is 0 Å². The van der Waals surface area contributed by atoms with Crippen LogP contribution in [0.15, 0.2) is 4.99 Å². The fraction of sp³-hybridized carbons (Fsp3) is 0.857. The largest absolute Gasteiger partial charge is 0.354 e. The van der Waals surface area contributed by atoms with E-state index < -0.39 is 0 Å². The van der Waals surface area contributed by atoms with Crippen molar-refractivity contribution < 1.29 is 0 Å². The SMILES string of the molecule is CCN(CC)CCCC(C)NC(=NCc1nnc(C)n1C)NC1CCCCC1. The summed E-state index contributed by atoms with van der Waals surface area (Å²) in [4.78, 5) is 7.32. The van der Waals surface area contributed by atoms with Crippen molar-refractivity contribution >= 4 is 5.96 Å². The van der Waals surface area contributed by atoms with Crippen LogP contribution < -0.4 is 10.6 Å². The molecule has 1 heterocycles. The fourth-order valence-electron chi connectivity index (χ4n) is 3.78. The third-order valence-corrected chi connectivity index (χ3v) is 5.90. The first kappa shape index (κ1) is 22.7. The second-order valence-electron chi connectivity index (χ2n) is 8.08. The zero-order chi connectivity index (χ0) is 20.4. The first-order chi connectivity index (χ1) is 13.5. The van der Waals surface area contributed by atoms with Crippen molar-refractivity contribution in [3.8, 4) is 0 Å². The Morgan fingerprint density at radius 1 is 1.21 bits per heavy atom. The minimum Gasteiger partial charge on any atom is -0.354 e. The average molecular weight is 392 g/mol. The van der Waals surface area contributed by atoms with Crippen molar-refractivity contribution in [1.29, 1.82) is 0 Å². The summed E-state index contributed by atoms with van der Waals surface area (Å²) in [6.45, 7) is 12.7. The van der Waals surface area contributed by atoms with Crippen LogP contribution in [0, 0.1) is 6.92 Å². The summed E-state index contributed by atoms with van der Waals surface area (Å²) < 4.78 is 2.01. The summed E-state index contributed by atoms with van der Waals surface area (Å²) >= 11 is 0. The standard InChI is InChI=1S/C21H41N7/c1-6-28(7-2)15-11-12-17(3)23-21(24-19-13-9-8-10-14-19)22-16-20-26-25-18(4)27(20)5/h17,19H,6-16H2,1-5H3,(H2,22,23,24). The van der Waals surface area contributed by atoms with Crippen molar-refractivity contribution in [2.45, 2.75) is 91.3 Å². The van der Waals surface area contributed by atoms with Crippen molar-refractivity contribution in [1.82, 2.24) is 30.3 Å². The van der Waals surface area contributed by atoms with E-state index in [1.165, 1.54) is 45.1 Å². The summed E-state index contributed by atoms with van der Waals surface area (Å²) in [6, 6.07) is 0.927. The Balaban J connectivity index is 1.92. The van der Waals surface area contributed by atoms with Crippen LogP contribution in [0.2, 0.25) is 0 Å². The number of nitrogens with zero attached hydrogens (tertiary/aromatic N) is 5. The predicted octanol–water partition coefficient (Wildman–Crippen LogP) is 3.00. The van der Waals surface area contributed by atoms with Crippen LogP contribution in [-0.4, -0.2) is 57.3 Å². The molecule has 28 heavy (non-hydrogen) atoms. The van der Waals surface area contributed by atoms with Crippen LogP contribution in [0.5, 0.6) is 0 Å². The number of aliphatic imine (C=N–C) groups is 1. The molecule has 0 radical (unpaired) electrons. The number of guanidine groups is 1. The maximum Gasteiger partial charge on any atom is 0.192 e. The van der Waals surface area contributed by atoms with Crippen molar-refractivity contribution in [2.75, 3.05) is 19.6 Å². The molecule has 1 atom stereocenters. The number of nitrogens with one attached hydrogen (secondary N) is 2. The van der Waals surface area contributed by atoms with E-state index in [1.54, 1.807) is 0 Å². The molecule has 7 heteroatoms. The van der Waals surface area contributed by atoms with Gasteiger partial charge in [0.15, 0.2) is 11.8 Å². The van der Waals surface area contributed by atoms with E-state index in [0.717, 1.165) is 37.1 Å². The van der Waals surface area contributed by atoms with Gasteiger partial charge in [0, 0.05) is 19.1 Å². The molecule has 0 spiro atoms. The molecule has 2 N–H and O–H groups in total. The Kier molecular flexibility index (Phi) is 9.75. The first-order valence-corrected chi connectivity index (χ1v) is 11.2. The van der Waals surface area contributed by atoms with E-state index >= 15 is 0 Å².